The highest BCUT2D eigenvalue weighted by atomic mass is 32.2. The van der Waals surface area contributed by atoms with Crippen molar-refractivity contribution in [1.82, 2.24) is 4.90 Å². The molecule has 2 atom stereocenters. The third kappa shape index (κ3) is 3.80. The van der Waals surface area contributed by atoms with Crippen molar-refractivity contribution < 1.29 is 9.90 Å². The van der Waals surface area contributed by atoms with E-state index in [1.807, 2.05) is 11.8 Å². The molecule has 1 saturated heterocycles. The lowest BCUT2D eigenvalue weighted by atomic mass is 9.92. The molecule has 0 aliphatic carbocycles. The van der Waals surface area contributed by atoms with E-state index < -0.39 is 5.97 Å². The van der Waals surface area contributed by atoms with E-state index >= 15 is 0 Å². The largest absolute Gasteiger partial charge is 0.481 e. The highest BCUT2D eigenvalue weighted by Crippen LogP contribution is 2.40. The Hall–Kier alpha value is -1.00. The number of hydrogen-bond donors (Lipinski definition) is 1. The third-order valence-corrected chi connectivity index (χ3v) is 5.90. The summed E-state index contributed by atoms with van der Waals surface area (Å²) in [6.45, 7) is 3.39. The summed E-state index contributed by atoms with van der Waals surface area (Å²) >= 11 is 1.98. The Labute approximate surface area is 130 Å². The minimum Gasteiger partial charge on any atom is -0.481 e. The van der Waals surface area contributed by atoms with Gasteiger partial charge in [0.25, 0.3) is 0 Å². The van der Waals surface area contributed by atoms with Gasteiger partial charge < -0.3 is 10.0 Å². The Balaban J connectivity index is 1.55. The fraction of sp³-hybridized carbons (Fsp3) is 0.588. The Morgan fingerprint density at radius 3 is 3.10 bits per heavy atom. The molecule has 2 aliphatic rings. The monoisotopic (exact) mass is 305 g/mol. The Kier molecular flexibility index (Phi) is 4.86. The molecule has 0 radical (unpaired) electrons. The molecule has 3 nitrogen and oxygen atoms in total. The zero-order chi connectivity index (χ0) is 14.7. The maximum atomic E-state index is 10.7. The second-order valence-corrected chi connectivity index (χ2v) is 7.31. The number of nitrogens with zero attached hydrogens (tertiary/aromatic N) is 1. The van der Waals surface area contributed by atoms with Crippen LogP contribution >= 0.6 is 11.8 Å². The molecule has 3 rings (SSSR count). The molecule has 0 aromatic heterocycles. The molecule has 0 saturated carbocycles. The van der Waals surface area contributed by atoms with E-state index in [-0.39, 0.29) is 0 Å². The highest BCUT2D eigenvalue weighted by Gasteiger charge is 2.27. The number of rotatable bonds is 5. The van der Waals surface area contributed by atoms with Crippen LogP contribution in [0.2, 0.25) is 0 Å². The average molecular weight is 305 g/mol. The summed E-state index contributed by atoms with van der Waals surface area (Å²) in [5.74, 6) is 1.74. The number of carboxylic acid groups (broad SMARTS) is 1. The van der Waals surface area contributed by atoms with Gasteiger partial charge >= 0.3 is 5.97 Å². The second kappa shape index (κ2) is 6.84. The van der Waals surface area contributed by atoms with Crippen LogP contribution in [0.5, 0.6) is 0 Å². The van der Waals surface area contributed by atoms with E-state index in [9.17, 15) is 4.79 Å². The van der Waals surface area contributed by atoms with Crippen LogP contribution in [-0.4, -0.2) is 41.4 Å². The standard InChI is InChI=1S/C17H23NO2S/c19-17(20)8-7-13-4-3-9-18(10-13)11-14-12-21-16-6-2-1-5-15(14)16/h1-2,5-6,13-14H,3-4,7-12H2,(H,19,20). The lowest BCUT2D eigenvalue weighted by Crippen LogP contribution is -2.38. The van der Waals surface area contributed by atoms with Crippen molar-refractivity contribution in [2.24, 2.45) is 5.92 Å². The number of fused-ring (bicyclic) bond motifs is 1. The third-order valence-electron chi connectivity index (χ3n) is 4.65. The van der Waals surface area contributed by atoms with Crippen LogP contribution in [0.25, 0.3) is 0 Å². The van der Waals surface area contributed by atoms with Gasteiger partial charge in [-0.3, -0.25) is 4.79 Å². The lowest BCUT2D eigenvalue weighted by Gasteiger charge is -2.34. The van der Waals surface area contributed by atoms with E-state index in [2.05, 4.69) is 29.2 Å². The molecule has 114 valence electrons. The van der Waals surface area contributed by atoms with Crippen molar-refractivity contribution in [2.45, 2.75) is 36.5 Å². The van der Waals surface area contributed by atoms with Gasteiger partial charge in [0.15, 0.2) is 0 Å². The van der Waals surface area contributed by atoms with E-state index in [1.54, 1.807) is 0 Å². The zero-order valence-electron chi connectivity index (χ0n) is 12.3. The van der Waals surface area contributed by atoms with Gasteiger partial charge in [-0.15, -0.1) is 11.8 Å². The normalized spacial score (nSPS) is 25.7. The second-order valence-electron chi connectivity index (χ2n) is 6.25. The van der Waals surface area contributed by atoms with E-state index in [4.69, 9.17) is 5.11 Å². The molecule has 0 bridgehead atoms. The SMILES string of the molecule is O=C(O)CCC1CCCN(CC2CSc3ccccc32)C1. The van der Waals surface area contributed by atoms with Crippen LogP contribution in [0, 0.1) is 5.92 Å². The summed E-state index contributed by atoms with van der Waals surface area (Å²) in [6.07, 6.45) is 3.56. The summed E-state index contributed by atoms with van der Waals surface area (Å²) in [5.41, 5.74) is 1.51. The Morgan fingerprint density at radius 1 is 1.38 bits per heavy atom. The molecule has 4 heteroatoms. The molecule has 1 fully saturated rings. The van der Waals surface area contributed by atoms with Crippen LogP contribution in [0.3, 0.4) is 0 Å². The number of aliphatic carboxylic acids is 1. The van der Waals surface area contributed by atoms with Crippen molar-refractivity contribution >= 4 is 17.7 Å². The van der Waals surface area contributed by atoms with E-state index in [0.29, 0.717) is 18.3 Å². The summed E-state index contributed by atoms with van der Waals surface area (Å²) < 4.78 is 0. The van der Waals surface area contributed by atoms with Crippen LogP contribution in [0.15, 0.2) is 29.2 Å². The van der Waals surface area contributed by atoms with Crippen LogP contribution in [0.4, 0.5) is 0 Å². The van der Waals surface area contributed by atoms with Gasteiger partial charge in [-0.25, -0.2) is 0 Å². The number of thioether (sulfide) groups is 1. The zero-order valence-corrected chi connectivity index (χ0v) is 13.1. The smallest absolute Gasteiger partial charge is 0.303 e. The number of carbonyl (C=O) groups is 1. The highest BCUT2D eigenvalue weighted by molar-refractivity contribution is 7.99. The number of piperidine rings is 1. The molecule has 0 spiro atoms. The number of benzene rings is 1. The molecular weight excluding hydrogens is 282 g/mol. The van der Waals surface area contributed by atoms with Gasteiger partial charge in [-0.2, -0.15) is 0 Å². The van der Waals surface area contributed by atoms with Crippen LogP contribution in [-0.2, 0) is 4.79 Å². The molecule has 1 aromatic rings. The summed E-state index contributed by atoms with van der Waals surface area (Å²) in [7, 11) is 0. The van der Waals surface area contributed by atoms with Crippen LogP contribution in [0.1, 0.15) is 37.2 Å². The van der Waals surface area contributed by atoms with Crippen molar-refractivity contribution in [2.75, 3.05) is 25.4 Å². The minimum absolute atomic E-state index is 0.320. The molecule has 1 N–H and O–H groups in total. The van der Waals surface area contributed by atoms with Crippen molar-refractivity contribution in [1.29, 1.82) is 0 Å². The quantitative estimate of drug-likeness (QED) is 0.904. The first-order valence-corrected chi connectivity index (χ1v) is 8.87. The van der Waals surface area contributed by atoms with Crippen molar-refractivity contribution in [3.63, 3.8) is 0 Å². The molecule has 1 aromatic carbocycles. The van der Waals surface area contributed by atoms with Crippen molar-refractivity contribution in [3.8, 4) is 0 Å². The summed E-state index contributed by atoms with van der Waals surface area (Å²) in [6, 6.07) is 8.76. The number of likely N-dealkylation sites (tertiary alicyclic amines) is 1. The lowest BCUT2D eigenvalue weighted by molar-refractivity contribution is -0.137. The molecule has 2 heterocycles. The van der Waals surface area contributed by atoms with Crippen LogP contribution < -0.4 is 0 Å². The Morgan fingerprint density at radius 2 is 2.24 bits per heavy atom. The summed E-state index contributed by atoms with van der Waals surface area (Å²) in [5, 5.41) is 8.83. The first kappa shape index (κ1) is 14.9. The van der Waals surface area contributed by atoms with Gasteiger partial charge in [0, 0.05) is 36.1 Å². The number of hydrogen-bond acceptors (Lipinski definition) is 3. The fourth-order valence-electron chi connectivity index (χ4n) is 3.57. The first-order valence-electron chi connectivity index (χ1n) is 7.88. The molecule has 21 heavy (non-hydrogen) atoms. The summed E-state index contributed by atoms with van der Waals surface area (Å²) in [4.78, 5) is 14.7. The van der Waals surface area contributed by atoms with E-state index in [0.717, 1.165) is 19.5 Å². The van der Waals surface area contributed by atoms with Gasteiger partial charge in [0.2, 0.25) is 0 Å². The predicted octanol–water partition coefficient (Wildman–Crippen LogP) is 3.45. The number of carboxylic acids is 1. The maximum Gasteiger partial charge on any atom is 0.303 e. The van der Waals surface area contributed by atoms with E-state index in [1.165, 1.54) is 35.6 Å². The predicted molar refractivity (Wildman–Crippen MR) is 85.9 cm³/mol. The molecule has 2 unspecified atom stereocenters. The average Bonchev–Trinajstić information content (AvgIpc) is 2.89. The minimum atomic E-state index is -0.659. The molecule has 0 amide bonds. The molecular formula is C17H23NO2S. The van der Waals surface area contributed by atoms with Gasteiger partial charge in [-0.05, 0) is 43.4 Å². The maximum absolute atomic E-state index is 10.7. The topological polar surface area (TPSA) is 40.5 Å². The van der Waals surface area contributed by atoms with Gasteiger partial charge in [0.05, 0.1) is 0 Å². The van der Waals surface area contributed by atoms with Gasteiger partial charge in [0.1, 0.15) is 0 Å². The first-order chi connectivity index (χ1) is 10.2. The molecule has 2 aliphatic heterocycles. The fourth-order valence-corrected chi connectivity index (χ4v) is 4.81. The van der Waals surface area contributed by atoms with Crippen molar-refractivity contribution in [3.05, 3.63) is 29.8 Å². The van der Waals surface area contributed by atoms with Gasteiger partial charge in [-0.1, -0.05) is 18.2 Å². The Bertz CT molecular complexity index is 505.